The maximum atomic E-state index is 13.2. The second kappa shape index (κ2) is 8.41. The minimum Gasteiger partial charge on any atom is -0.339 e. The van der Waals surface area contributed by atoms with Crippen molar-refractivity contribution in [1.29, 1.82) is 0 Å². The Morgan fingerprint density at radius 3 is 2.34 bits per heavy atom. The van der Waals surface area contributed by atoms with Gasteiger partial charge in [-0.3, -0.25) is 9.59 Å². The van der Waals surface area contributed by atoms with Crippen LogP contribution in [0.2, 0.25) is 0 Å². The Morgan fingerprint density at radius 2 is 1.66 bits per heavy atom. The Bertz CT molecular complexity index is 906. The lowest BCUT2D eigenvalue weighted by atomic mass is 10.0. The van der Waals surface area contributed by atoms with Crippen molar-refractivity contribution in [3.05, 3.63) is 77.6 Å². The number of carbonyl (C=O) groups excluding carboxylic acids is 2. The molecule has 2 aliphatic heterocycles. The largest absolute Gasteiger partial charge is 0.339 e. The molecule has 2 amide bonds. The van der Waals surface area contributed by atoms with E-state index in [0.29, 0.717) is 25.2 Å². The van der Waals surface area contributed by atoms with E-state index in [1.54, 1.807) is 30.0 Å². The van der Waals surface area contributed by atoms with E-state index in [4.69, 9.17) is 0 Å². The molecule has 0 bridgehead atoms. The van der Waals surface area contributed by atoms with Crippen molar-refractivity contribution in [3.63, 3.8) is 0 Å². The molecule has 2 aromatic carbocycles. The molecular weight excluding hydrogens is 387 g/mol. The number of hydrogen-bond donors (Lipinski definition) is 0. The van der Waals surface area contributed by atoms with Gasteiger partial charge in [-0.05, 0) is 48.7 Å². The number of rotatable bonds is 3. The van der Waals surface area contributed by atoms with E-state index in [2.05, 4.69) is 0 Å². The van der Waals surface area contributed by atoms with Gasteiger partial charge in [0.2, 0.25) is 5.91 Å². The molecule has 0 N–H and O–H groups in total. The smallest absolute Gasteiger partial charge is 0.254 e. The maximum absolute atomic E-state index is 13.2. The summed E-state index contributed by atoms with van der Waals surface area (Å²) in [5.41, 5.74) is 1.51. The zero-order valence-corrected chi connectivity index (χ0v) is 16.9. The highest BCUT2D eigenvalue weighted by Gasteiger charge is 2.46. The van der Waals surface area contributed by atoms with E-state index in [-0.39, 0.29) is 22.5 Å². The maximum Gasteiger partial charge on any atom is 0.254 e. The van der Waals surface area contributed by atoms with Gasteiger partial charge in [-0.2, -0.15) is 0 Å². The predicted molar refractivity (Wildman–Crippen MR) is 114 cm³/mol. The molecule has 4 nitrogen and oxygen atoms in total. The Labute approximate surface area is 174 Å². The highest BCUT2D eigenvalue weighted by Crippen LogP contribution is 2.44. The standard InChI is InChI=1S/C23H23FN2O2S/c24-20-9-7-19(8-10-20)22(28)26-16-17-29-23(26)12-14-25(15-13-23)21(27)11-6-18-4-2-1-3-5-18/h1-11H,12-17H2/b11-6+. The number of halogens is 1. The SMILES string of the molecule is O=C(/C=C/c1ccccc1)N1CCC2(CC1)SCCN2C(=O)c1ccc(F)cc1. The molecular formula is C23H23FN2O2S. The summed E-state index contributed by atoms with van der Waals surface area (Å²) in [6, 6.07) is 15.5. The van der Waals surface area contributed by atoms with Gasteiger partial charge in [0.1, 0.15) is 5.82 Å². The highest BCUT2D eigenvalue weighted by atomic mass is 32.2. The molecule has 2 fully saturated rings. The lowest BCUT2D eigenvalue weighted by Gasteiger charge is -2.44. The fraction of sp³-hybridized carbons (Fsp3) is 0.304. The molecule has 1 spiro atoms. The van der Waals surface area contributed by atoms with Crippen molar-refractivity contribution in [2.45, 2.75) is 17.7 Å². The minimum absolute atomic E-state index is 0.00288. The Morgan fingerprint density at radius 1 is 0.966 bits per heavy atom. The fourth-order valence-electron chi connectivity index (χ4n) is 3.97. The van der Waals surface area contributed by atoms with Crippen LogP contribution in [0.4, 0.5) is 4.39 Å². The number of benzene rings is 2. The zero-order valence-electron chi connectivity index (χ0n) is 16.1. The topological polar surface area (TPSA) is 40.6 Å². The first-order valence-corrected chi connectivity index (χ1v) is 10.8. The molecule has 29 heavy (non-hydrogen) atoms. The normalized spacial score (nSPS) is 18.5. The molecule has 4 rings (SSSR count). The summed E-state index contributed by atoms with van der Waals surface area (Å²) < 4.78 is 13.2. The van der Waals surface area contributed by atoms with Gasteiger partial charge in [0, 0.05) is 37.0 Å². The fourth-order valence-corrected chi connectivity index (χ4v) is 5.43. The van der Waals surface area contributed by atoms with E-state index >= 15 is 0 Å². The number of likely N-dealkylation sites (tertiary alicyclic amines) is 1. The first-order valence-electron chi connectivity index (χ1n) is 9.81. The first kappa shape index (κ1) is 19.7. The highest BCUT2D eigenvalue weighted by molar-refractivity contribution is 8.00. The van der Waals surface area contributed by atoms with Gasteiger partial charge >= 0.3 is 0 Å². The second-order valence-corrected chi connectivity index (χ2v) is 8.78. The van der Waals surface area contributed by atoms with E-state index in [9.17, 15) is 14.0 Å². The number of carbonyl (C=O) groups is 2. The van der Waals surface area contributed by atoms with Crippen molar-refractivity contribution >= 4 is 29.7 Å². The van der Waals surface area contributed by atoms with E-state index in [0.717, 1.165) is 24.2 Å². The number of amides is 2. The molecule has 150 valence electrons. The van der Waals surface area contributed by atoms with Gasteiger partial charge in [-0.1, -0.05) is 30.3 Å². The lowest BCUT2D eigenvalue weighted by molar-refractivity contribution is -0.127. The minimum atomic E-state index is -0.345. The van der Waals surface area contributed by atoms with Crippen LogP contribution in [0.3, 0.4) is 0 Å². The third kappa shape index (κ3) is 4.22. The molecule has 0 aliphatic carbocycles. The average Bonchev–Trinajstić information content (AvgIpc) is 3.16. The molecule has 0 atom stereocenters. The molecule has 0 saturated carbocycles. The Hall–Kier alpha value is -2.60. The van der Waals surface area contributed by atoms with Crippen LogP contribution in [-0.2, 0) is 4.79 Å². The first-order chi connectivity index (χ1) is 14.1. The van der Waals surface area contributed by atoms with Crippen LogP contribution in [-0.4, -0.2) is 51.9 Å². The van der Waals surface area contributed by atoms with Crippen LogP contribution < -0.4 is 0 Å². The number of piperidine rings is 1. The van der Waals surface area contributed by atoms with E-state index < -0.39 is 0 Å². The summed E-state index contributed by atoms with van der Waals surface area (Å²) in [6.07, 6.45) is 4.95. The molecule has 0 aromatic heterocycles. The Balaban J connectivity index is 1.40. The molecule has 2 aliphatic rings. The third-order valence-electron chi connectivity index (χ3n) is 5.59. The summed E-state index contributed by atoms with van der Waals surface area (Å²) in [7, 11) is 0. The number of thioether (sulfide) groups is 1. The van der Waals surface area contributed by atoms with Crippen LogP contribution in [0, 0.1) is 5.82 Å². The molecule has 0 radical (unpaired) electrons. The molecule has 2 aromatic rings. The van der Waals surface area contributed by atoms with Crippen molar-refractivity contribution in [2.75, 3.05) is 25.4 Å². The van der Waals surface area contributed by atoms with Crippen LogP contribution in [0.1, 0.15) is 28.8 Å². The van der Waals surface area contributed by atoms with Gasteiger partial charge in [-0.15, -0.1) is 11.8 Å². The van der Waals surface area contributed by atoms with Crippen molar-refractivity contribution in [1.82, 2.24) is 9.80 Å². The van der Waals surface area contributed by atoms with Crippen molar-refractivity contribution in [2.24, 2.45) is 0 Å². The lowest BCUT2D eigenvalue weighted by Crippen LogP contribution is -2.53. The summed E-state index contributed by atoms with van der Waals surface area (Å²) >= 11 is 1.80. The number of hydrogen-bond acceptors (Lipinski definition) is 3. The van der Waals surface area contributed by atoms with Crippen molar-refractivity contribution < 1.29 is 14.0 Å². The quantitative estimate of drug-likeness (QED) is 0.717. The van der Waals surface area contributed by atoms with Gasteiger partial charge in [0.25, 0.3) is 5.91 Å². The zero-order chi connectivity index (χ0) is 20.3. The summed E-state index contributed by atoms with van der Waals surface area (Å²) in [6.45, 7) is 1.93. The van der Waals surface area contributed by atoms with Gasteiger partial charge in [-0.25, -0.2) is 4.39 Å². The van der Waals surface area contributed by atoms with Gasteiger partial charge in [0.05, 0.1) is 4.87 Å². The van der Waals surface area contributed by atoms with Crippen LogP contribution in [0.5, 0.6) is 0 Å². The molecule has 2 saturated heterocycles. The van der Waals surface area contributed by atoms with Crippen LogP contribution >= 0.6 is 11.8 Å². The molecule has 0 unspecified atom stereocenters. The van der Waals surface area contributed by atoms with Gasteiger partial charge < -0.3 is 9.80 Å². The van der Waals surface area contributed by atoms with E-state index in [1.165, 1.54) is 12.1 Å². The predicted octanol–water partition coefficient (Wildman–Crippen LogP) is 4.05. The monoisotopic (exact) mass is 410 g/mol. The van der Waals surface area contributed by atoms with Gasteiger partial charge in [0.15, 0.2) is 0 Å². The second-order valence-electron chi connectivity index (χ2n) is 7.33. The summed E-state index contributed by atoms with van der Waals surface area (Å²) in [4.78, 5) is 29.1. The Kier molecular flexibility index (Phi) is 5.72. The molecule has 2 heterocycles. The van der Waals surface area contributed by atoms with Crippen molar-refractivity contribution in [3.8, 4) is 0 Å². The third-order valence-corrected chi connectivity index (χ3v) is 7.14. The average molecular weight is 411 g/mol. The summed E-state index contributed by atoms with van der Waals surface area (Å²) in [5.74, 6) is 0.485. The summed E-state index contributed by atoms with van der Waals surface area (Å²) in [5, 5.41) is 0. The van der Waals surface area contributed by atoms with Crippen LogP contribution in [0.15, 0.2) is 60.7 Å². The number of nitrogens with zero attached hydrogens (tertiary/aromatic N) is 2. The van der Waals surface area contributed by atoms with Crippen LogP contribution in [0.25, 0.3) is 6.08 Å². The van der Waals surface area contributed by atoms with E-state index in [1.807, 2.05) is 46.2 Å². The molecule has 6 heteroatoms.